The zero-order chi connectivity index (χ0) is 25.4. The lowest BCUT2D eigenvalue weighted by atomic mass is 10.1. The molecule has 36 heavy (non-hydrogen) atoms. The van der Waals surface area contributed by atoms with E-state index in [0.717, 1.165) is 6.20 Å². The van der Waals surface area contributed by atoms with Gasteiger partial charge in [0.25, 0.3) is 5.91 Å². The van der Waals surface area contributed by atoms with E-state index in [0.29, 0.717) is 25.2 Å². The highest BCUT2D eigenvalue weighted by Gasteiger charge is 2.39. The Morgan fingerprint density at radius 2 is 1.89 bits per heavy atom. The quantitative estimate of drug-likeness (QED) is 0.429. The fraction of sp³-hybridized carbons (Fsp3) is 0.240. The lowest BCUT2D eigenvalue weighted by Crippen LogP contribution is -2.54. The van der Waals surface area contributed by atoms with Crippen LogP contribution in [0.4, 0.5) is 19.0 Å². The van der Waals surface area contributed by atoms with Gasteiger partial charge in [-0.25, -0.2) is 15.0 Å². The number of aromatic nitrogens is 4. The smallest absolute Gasteiger partial charge is 0.350 e. The maximum absolute atomic E-state index is 14.2. The van der Waals surface area contributed by atoms with Crippen LogP contribution >= 0.6 is 0 Å². The largest absolute Gasteiger partial charge is 0.418 e. The Kier molecular flexibility index (Phi) is 5.80. The minimum Gasteiger partial charge on any atom is -0.350 e. The van der Waals surface area contributed by atoms with E-state index in [1.807, 2.05) is 19.1 Å². The minimum absolute atomic E-state index is 0.0323. The summed E-state index contributed by atoms with van der Waals surface area (Å²) in [6.45, 7) is 2.81. The molecular formula is C25H20F3N7O. The highest BCUT2D eigenvalue weighted by Crippen LogP contribution is 2.40. The Hall–Kier alpha value is -4.46. The van der Waals surface area contributed by atoms with Gasteiger partial charge in [-0.1, -0.05) is 18.2 Å². The van der Waals surface area contributed by atoms with E-state index in [1.54, 1.807) is 34.1 Å². The van der Waals surface area contributed by atoms with Gasteiger partial charge < -0.3 is 9.80 Å². The van der Waals surface area contributed by atoms with Crippen molar-refractivity contribution < 1.29 is 18.0 Å². The molecule has 1 aliphatic rings. The Labute approximate surface area is 204 Å². The van der Waals surface area contributed by atoms with Crippen molar-refractivity contribution in [2.75, 3.05) is 24.5 Å². The van der Waals surface area contributed by atoms with Gasteiger partial charge >= 0.3 is 6.18 Å². The molecule has 182 valence electrons. The van der Waals surface area contributed by atoms with E-state index >= 15 is 0 Å². The van der Waals surface area contributed by atoms with Gasteiger partial charge in [-0.15, -0.1) is 0 Å². The van der Waals surface area contributed by atoms with Crippen molar-refractivity contribution in [3.8, 4) is 11.9 Å². The molecule has 0 N–H and O–H groups in total. The Bertz CT molecular complexity index is 1480. The van der Waals surface area contributed by atoms with Crippen molar-refractivity contribution >= 4 is 22.8 Å². The van der Waals surface area contributed by atoms with Crippen molar-refractivity contribution in [1.82, 2.24) is 24.4 Å². The number of rotatable bonds is 3. The standard InChI is InChI=1S/C25H20F3N7O/c1-16-13-33(24(36)18-5-3-2-4-6-18)9-10-34(16)22-21-19(25(26,27)28)14-35(23(21)32-15-31-22)20-11-17(12-29)7-8-30-20/h2-8,11,14-16H,9-10,13H2,1H3/t16-/m0/s1. The number of hydrogen-bond donors (Lipinski definition) is 0. The number of pyridine rings is 1. The fourth-order valence-electron chi connectivity index (χ4n) is 4.49. The van der Waals surface area contributed by atoms with Crippen LogP contribution < -0.4 is 4.90 Å². The van der Waals surface area contributed by atoms with Crippen LogP contribution in [0.2, 0.25) is 0 Å². The molecule has 1 amide bonds. The number of amides is 1. The zero-order valence-corrected chi connectivity index (χ0v) is 19.1. The molecule has 4 heterocycles. The highest BCUT2D eigenvalue weighted by molar-refractivity contribution is 5.95. The summed E-state index contributed by atoms with van der Waals surface area (Å²) in [4.78, 5) is 28.9. The van der Waals surface area contributed by atoms with Gasteiger partial charge in [0, 0.05) is 43.6 Å². The second kappa shape index (κ2) is 8.96. The molecule has 0 radical (unpaired) electrons. The number of benzene rings is 1. The van der Waals surface area contributed by atoms with Gasteiger partial charge in [-0.05, 0) is 31.2 Å². The summed E-state index contributed by atoms with van der Waals surface area (Å²) >= 11 is 0. The maximum atomic E-state index is 14.2. The first-order valence-electron chi connectivity index (χ1n) is 11.2. The van der Waals surface area contributed by atoms with Crippen LogP contribution in [0.1, 0.15) is 28.4 Å². The summed E-state index contributed by atoms with van der Waals surface area (Å²) in [6.07, 6.45) is -1.16. The van der Waals surface area contributed by atoms with Crippen LogP contribution in [0.15, 0.2) is 61.2 Å². The molecule has 0 spiro atoms. The Morgan fingerprint density at radius 3 is 2.58 bits per heavy atom. The van der Waals surface area contributed by atoms with Crippen LogP contribution in [0.3, 0.4) is 0 Å². The minimum atomic E-state index is -4.68. The number of piperazine rings is 1. The molecule has 0 bridgehead atoms. The number of carbonyl (C=O) groups is 1. The molecule has 1 aliphatic heterocycles. The molecule has 0 unspecified atom stereocenters. The summed E-state index contributed by atoms with van der Waals surface area (Å²) in [6, 6.07) is 13.4. The first kappa shape index (κ1) is 23.3. The molecule has 4 aromatic rings. The van der Waals surface area contributed by atoms with Crippen LogP contribution in [-0.4, -0.2) is 56.0 Å². The van der Waals surface area contributed by atoms with E-state index in [4.69, 9.17) is 0 Å². The van der Waals surface area contributed by atoms with Gasteiger partial charge in [-0.3, -0.25) is 9.36 Å². The van der Waals surface area contributed by atoms with Crippen LogP contribution in [0.5, 0.6) is 0 Å². The second-order valence-electron chi connectivity index (χ2n) is 8.48. The summed E-state index contributed by atoms with van der Waals surface area (Å²) < 4.78 is 43.8. The van der Waals surface area contributed by atoms with Gasteiger partial charge in [0.05, 0.1) is 22.6 Å². The van der Waals surface area contributed by atoms with Crippen molar-refractivity contribution in [3.63, 3.8) is 0 Å². The number of hydrogen-bond acceptors (Lipinski definition) is 6. The molecule has 0 saturated carbocycles. The number of anilines is 1. The molecule has 1 saturated heterocycles. The second-order valence-corrected chi connectivity index (χ2v) is 8.48. The SMILES string of the molecule is C[C@H]1CN(C(=O)c2ccccc2)CCN1c1ncnc2c1c(C(F)(F)F)cn2-c1cc(C#N)ccn1. The van der Waals surface area contributed by atoms with Crippen LogP contribution in [0.25, 0.3) is 16.9 Å². The van der Waals surface area contributed by atoms with Crippen LogP contribution in [-0.2, 0) is 6.18 Å². The predicted molar refractivity (Wildman–Crippen MR) is 126 cm³/mol. The lowest BCUT2D eigenvalue weighted by molar-refractivity contribution is -0.136. The Balaban J connectivity index is 1.55. The highest BCUT2D eigenvalue weighted by atomic mass is 19.4. The third kappa shape index (κ3) is 4.11. The molecule has 0 aliphatic carbocycles. The van der Waals surface area contributed by atoms with Gasteiger partial charge in [0.1, 0.15) is 18.0 Å². The monoisotopic (exact) mass is 491 g/mol. The zero-order valence-electron chi connectivity index (χ0n) is 19.1. The lowest BCUT2D eigenvalue weighted by Gasteiger charge is -2.40. The molecule has 1 fully saturated rings. The molecular weight excluding hydrogens is 471 g/mol. The molecule has 5 rings (SSSR count). The average Bonchev–Trinajstić information content (AvgIpc) is 3.30. The maximum Gasteiger partial charge on any atom is 0.418 e. The number of carbonyl (C=O) groups excluding carboxylic acids is 1. The topological polar surface area (TPSA) is 90.9 Å². The third-order valence-electron chi connectivity index (χ3n) is 6.20. The number of halogens is 3. The van der Waals surface area contributed by atoms with Crippen LogP contribution in [0, 0.1) is 11.3 Å². The van der Waals surface area contributed by atoms with Gasteiger partial charge in [0.2, 0.25) is 0 Å². The van der Waals surface area contributed by atoms with Crippen molar-refractivity contribution in [2.24, 2.45) is 0 Å². The fourth-order valence-corrected chi connectivity index (χ4v) is 4.49. The van der Waals surface area contributed by atoms with Crippen molar-refractivity contribution in [2.45, 2.75) is 19.1 Å². The molecule has 8 nitrogen and oxygen atoms in total. The summed E-state index contributed by atoms with van der Waals surface area (Å²) in [5.74, 6) is 0.160. The number of nitrogens with zero attached hydrogens (tertiary/aromatic N) is 7. The van der Waals surface area contributed by atoms with Gasteiger partial charge in [0.15, 0.2) is 5.65 Å². The predicted octanol–water partition coefficient (Wildman–Crippen LogP) is 4.06. The summed E-state index contributed by atoms with van der Waals surface area (Å²) in [5, 5.41) is 9.06. The normalized spacial score (nSPS) is 16.2. The molecule has 1 aromatic carbocycles. The van der Waals surface area contributed by atoms with E-state index < -0.39 is 11.7 Å². The molecule has 3 aromatic heterocycles. The number of alkyl halides is 3. The summed E-state index contributed by atoms with van der Waals surface area (Å²) in [5.41, 5.74) is -0.0409. The van der Waals surface area contributed by atoms with E-state index in [9.17, 15) is 23.2 Å². The van der Waals surface area contributed by atoms with Crippen molar-refractivity contribution in [1.29, 1.82) is 5.26 Å². The average molecular weight is 491 g/mol. The number of nitriles is 1. The third-order valence-corrected chi connectivity index (χ3v) is 6.20. The summed E-state index contributed by atoms with van der Waals surface area (Å²) in [7, 11) is 0. The van der Waals surface area contributed by atoms with E-state index in [-0.39, 0.29) is 40.2 Å². The first-order chi connectivity index (χ1) is 17.3. The first-order valence-corrected chi connectivity index (χ1v) is 11.2. The van der Waals surface area contributed by atoms with E-state index in [2.05, 4.69) is 15.0 Å². The molecule has 11 heteroatoms. The molecule has 1 atom stereocenters. The van der Waals surface area contributed by atoms with E-state index in [1.165, 1.54) is 29.2 Å². The van der Waals surface area contributed by atoms with Crippen molar-refractivity contribution in [3.05, 3.63) is 77.9 Å². The Morgan fingerprint density at radius 1 is 1.11 bits per heavy atom. The van der Waals surface area contributed by atoms with Gasteiger partial charge in [-0.2, -0.15) is 18.4 Å². The number of fused-ring (bicyclic) bond motifs is 1.